The van der Waals surface area contributed by atoms with Crippen LogP contribution in [-0.4, -0.2) is 35.3 Å². The van der Waals surface area contributed by atoms with E-state index in [9.17, 15) is 14.3 Å². The standard InChI is InChI=1S/C21H25FN2O4/c1-13(2)10-24(21(25)26)11-15-8-16-17(28-15)9-18(20(23)19(16)22)27-12-14-6-4-3-5-7-14/h3-7,9,13,15H,8,10-12,23H2,1-2H3,(H,25,26). The molecule has 7 heteroatoms. The summed E-state index contributed by atoms with van der Waals surface area (Å²) in [5.41, 5.74) is 7.16. The van der Waals surface area contributed by atoms with E-state index in [1.54, 1.807) is 6.07 Å². The second kappa shape index (κ2) is 8.37. The predicted octanol–water partition coefficient (Wildman–Crippen LogP) is 3.93. The van der Waals surface area contributed by atoms with E-state index in [4.69, 9.17) is 15.2 Å². The average Bonchev–Trinajstić information content (AvgIpc) is 3.06. The summed E-state index contributed by atoms with van der Waals surface area (Å²) in [7, 11) is 0. The molecule has 1 heterocycles. The maximum absolute atomic E-state index is 14.8. The van der Waals surface area contributed by atoms with Crippen molar-refractivity contribution in [2.24, 2.45) is 5.92 Å². The Morgan fingerprint density at radius 2 is 2.11 bits per heavy atom. The van der Waals surface area contributed by atoms with Gasteiger partial charge in [-0.2, -0.15) is 0 Å². The van der Waals surface area contributed by atoms with Crippen molar-refractivity contribution in [1.82, 2.24) is 4.90 Å². The van der Waals surface area contributed by atoms with Gasteiger partial charge >= 0.3 is 6.09 Å². The van der Waals surface area contributed by atoms with Gasteiger partial charge in [-0.05, 0) is 11.5 Å². The Labute approximate surface area is 163 Å². The number of nitrogens with two attached hydrogens (primary N) is 1. The van der Waals surface area contributed by atoms with Crippen LogP contribution in [0.5, 0.6) is 11.5 Å². The van der Waals surface area contributed by atoms with Crippen molar-refractivity contribution in [3.8, 4) is 11.5 Å². The van der Waals surface area contributed by atoms with E-state index >= 15 is 0 Å². The summed E-state index contributed by atoms with van der Waals surface area (Å²) in [6.45, 7) is 4.70. The fourth-order valence-electron chi connectivity index (χ4n) is 3.28. The van der Waals surface area contributed by atoms with E-state index < -0.39 is 18.0 Å². The minimum absolute atomic E-state index is 0.0591. The van der Waals surface area contributed by atoms with Gasteiger partial charge in [-0.15, -0.1) is 0 Å². The molecule has 1 unspecified atom stereocenters. The molecule has 28 heavy (non-hydrogen) atoms. The molecule has 3 N–H and O–H groups in total. The van der Waals surface area contributed by atoms with E-state index in [1.807, 2.05) is 44.2 Å². The normalized spacial score (nSPS) is 15.2. The van der Waals surface area contributed by atoms with Crippen LogP contribution in [0.1, 0.15) is 25.0 Å². The Bertz CT molecular complexity index is 842. The first-order chi connectivity index (χ1) is 13.3. The van der Waals surface area contributed by atoms with Gasteiger partial charge in [0.05, 0.1) is 6.54 Å². The number of nitrogen functional groups attached to an aromatic ring is 1. The lowest BCUT2D eigenvalue weighted by atomic mass is 10.1. The van der Waals surface area contributed by atoms with Crippen LogP contribution in [0.25, 0.3) is 0 Å². The zero-order valence-electron chi connectivity index (χ0n) is 16.0. The van der Waals surface area contributed by atoms with Crippen LogP contribution in [0.3, 0.4) is 0 Å². The molecule has 0 saturated carbocycles. The van der Waals surface area contributed by atoms with Crippen molar-refractivity contribution in [2.75, 3.05) is 18.8 Å². The van der Waals surface area contributed by atoms with Crippen LogP contribution in [0.4, 0.5) is 14.9 Å². The predicted molar refractivity (Wildman–Crippen MR) is 104 cm³/mol. The summed E-state index contributed by atoms with van der Waals surface area (Å²) >= 11 is 0. The topological polar surface area (TPSA) is 85.0 Å². The van der Waals surface area contributed by atoms with Gasteiger partial charge in [0, 0.05) is 24.6 Å². The monoisotopic (exact) mass is 388 g/mol. The molecular formula is C21H25FN2O4. The summed E-state index contributed by atoms with van der Waals surface area (Å²) < 4.78 is 26.3. The molecule has 0 bridgehead atoms. The third kappa shape index (κ3) is 4.47. The maximum Gasteiger partial charge on any atom is 0.407 e. The van der Waals surface area contributed by atoms with E-state index in [2.05, 4.69) is 0 Å². The summed E-state index contributed by atoms with van der Waals surface area (Å²) in [4.78, 5) is 12.7. The highest BCUT2D eigenvalue weighted by atomic mass is 19.1. The molecular weight excluding hydrogens is 363 g/mol. The number of anilines is 1. The molecule has 2 aromatic rings. The number of hydrogen-bond acceptors (Lipinski definition) is 4. The highest BCUT2D eigenvalue weighted by Crippen LogP contribution is 2.40. The van der Waals surface area contributed by atoms with Gasteiger partial charge in [0.25, 0.3) is 0 Å². The van der Waals surface area contributed by atoms with E-state index in [1.165, 1.54) is 4.90 Å². The molecule has 0 fully saturated rings. The molecule has 2 aromatic carbocycles. The molecule has 1 aliphatic heterocycles. The van der Waals surface area contributed by atoms with Crippen molar-refractivity contribution in [1.29, 1.82) is 0 Å². The Morgan fingerprint density at radius 3 is 2.75 bits per heavy atom. The Hall–Kier alpha value is -2.96. The molecule has 0 radical (unpaired) electrons. The van der Waals surface area contributed by atoms with Crippen LogP contribution < -0.4 is 15.2 Å². The zero-order chi connectivity index (χ0) is 20.3. The maximum atomic E-state index is 14.8. The number of hydrogen-bond donors (Lipinski definition) is 2. The number of amides is 1. The quantitative estimate of drug-likeness (QED) is 0.702. The highest BCUT2D eigenvalue weighted by Gasteiger charge is 2.31. The minimum atomic E-state index is -1.01. The van der Waals surface area contributed by atoms with Gasteiger partial charge in [-0.3, -0.25) is 0 Å². The van der Waals surface area contributed by atoms with Crippen LogP contribution >= 0.6 is 0 Å². The Balaban J connectivity index is 1.72. The number of carbonyl (C=O) groups is 1. The molecule has 0 aliphatic carbocycles. The lowest BCUT2D eigenvalue weighted by Gasteiger charge is -2.24. The van der Waals surface area contributed by atoms with Gasteiger partial charge in [0.2, 0.25) is 0 Å². The molecule has 0 aromatic heterocycles. The Kier molecular flexibility index (Phi) is 5.92. The fraction of sp³-hybridized carbons (Fsp3) is 0.381. The molecule has 1 atom stereocenters. The summed E-state index contributed by atoms with van der Waals surface area (Å²) in [6.07, 6.45) is -1.20. The first-order valence-corrected chi connectivity index (χ1v) is 9.27. The van der Waals surface area contributed by atoms with Gasteiger partial charge < -0.3 is 25.2 Å². The number of benzene rings is 2. The van der Waals surface area contributed by atoms with Gasteiger partial charge in [-0.25, -0.2) is 9.18 Å². The second-order valence-electron chi connectivity index (χ2n) is 7.38. The highest BCUT2D eigenvalue weighted by molar-refractivity contribution is 5.65. The molecule has 0 saturated heterocycles. The van der Waals surface area contributed by atoms with Gasteiger partial charge in [0.15, 0.2) is 5.82 Å². The largest absolute Gasteiger partial charge is 0.488 e. The lowest BCUT2D eigenvalue weighted by Crippen LogP contribution is -2.40. The van der Waals surface area contributed by atoms with Crippen molar-refractivity contribution < 1.29 is 23.8 Å². The number of rotatable bonds is 7. The fourth-order valence-corrected chi connectivity index (χ4v) is 3.28. The minimum Gasteiger partial charge on any atom is -0.488 e. The summed E-state index contributed by atoms with van der Waals surface area (Å²) in [6, 6.07) is 11.1. The average molecular weight is 388 g/mol. The number of nitrogens with zero attached hydrogens (tertiary/aromatic N) is 1. The van der Waals surface area contributed by atoms with Crippen LogP contribution in [0, 0.1) is 11.7 Å². The van der Waals surface area contributed by atoms with E-state index in [-0.39, 0.29) is 36.9 Å². The van der Waals surface area contributed by atoms with Gasteiger partial charge in [0.1, 0.15) is 29.9 Å². The smallest absolute Gasteiger partial charge is 0.407 e. The number of ether oxygens (including phenoxy) is 2. The molecule has 1 amide bonds. The molecule has 150 valence electrons. The lowest BCUT2D eigenvalue weighted by molar-refractivity contribution is 0.110. The second-order valence-corrected chi connectivity index (χ2v) is 7.38. The zero-order valence-corrected chi connectivity index (χ0v) is 16.0. The van der Waals surface area contributed by atoms with Crippen LogP contribution in [-0.2, 0) is 13.0 Å². The van der Waals surface area contributed by atoms with Crippen LogP contribution in [0.15, 0.2) is 36.4 Å². The number of fused-ring (bicyclic) bond motifs is 1. The third-order valence-corrected chi connectivity index (χ3v) is 4.57. The van der Waals surface area contributed by atoms with Gasteiger partial charge in [-0.1, -0.05) is 44.2 Å². The molecule has 6 nitrogen and oxygen atoms in total. The van der Waals surface area contributed by atoms with E-state index in [0.29, 0.717) is 17.9 Å². The molecule has 3 rings (SSSR count). The van der Waals surface area contributed by atoms with Crippen molar-refractivity contribution in [2.45, 2.75) is 33.0 Å². The molecule has 0 spiro atoms. The van der Waals surface area contributed by atoms with Crippen molar-refractivity contribution >= 4 is 11.8 Å². The summed E-state index contributed by atoms with van der Waals surface area (Å²) in [5, 5.41) is 9.38. The number of carboxylic acid groups (broad SMARTS) is 1. The molecule has 1 aliphatic rings. The first-order valence-electron chi connectivity index (χ1n) is 9.27. The summed E-state index contributed by atoms with van der Waals surface area (Å²) in [5.74, 6) is 0.201. The SMILES string of the molecule is CC(C)CN(CC1Cc2c(cc(OCc3ccccc3)c(N)c2F)O1)C(=O)O. The first kappa shape index (κ1) is 19.8. The Morgan fingerprint density at radius 1 is 1.39 bits per heavy atom. The third-order valence-electron chi connectivity index (χ3n) is 4.57. The van der Waals surface area contributed by atoms with Crippen molar-refractivity contribution in [3.05, 3.63) is 53.3 Å². The van der Waals surface area contributed by atoms with Crippen LogP contribution in [0.2, 0.25) is 0 Å². The van der Waals surface area contributed by atoms with Crippen molar-refractivity contribution in [3.63, 3.8) is 0 Å². The number of halogens is 1. The van der Waals surface area contributed by atoms with E-state index in [0.717, 1.165) is 5.56 Å².